The van der Waals surface area contributed by atoms with Gasteiger partial charge in [0.25, 0.3) is 0 Å². The number of hydrogen-bond acceptors (Lipinski definition) is 2. The van der Waals surface area contributed by atoms with Gasteiger partial charge in [-0.3, -0.25) is 4.79 Å². The maximum atomic E-state index is 12.3. The predicted octanol–water partition coefficient (Wildman–Crippen LogP) is 6.23. The van der Waals surface area contributed by atoms with E-state index in [1.807, 2.05) is 6.07 Å². The first-order valence-electron chi connectivity index (χ1n) is 9.66. The monoisotopic (exact) mass is 330 g/mol. The number of benzene rings is 1. The van der Waals surface area contributed by atoms with Gasteiger partial charge in [-0.05, 0) is 56.7 Å². The molecule has 0 aromatic heterocycles. The van der Waals surface area contributed by atoms with E-state index in [-0.39, 0.29) is 11.6 Å². The average molecular weight is 331 g/mol. The quantitative estimate of drug-likeness (QED) is 0.317. The highest BCUT2D eigenvalue weighted by Crippen LogP contribution is 2.17. The summed E-state index contributed by atoms with van der Waals surface area (Å²) in [6, 6.07) is 6.20. The number of aryl methyl sites for hydroxylation is 2. The van der Waals surface area contributed by atoms with Crippen molar-refractivity contribution in [2.24, 2.45) is 0 Å². The lowest BCUT2D eigenvalue weighted by molar-refractivity contribution is -0.117. The smallest absolute Gasteiger partial charge is 0.162 e. The van der Waals surface area contributed by atoms with E-state index >= 15 is 0 Å². The van der Waals surface area contributed by atoms with E-state index in [0.717, 1.165) is 37.7 Å². The SMILES string of the molecule is CCCCc1ccc(C(=O)CCCCCCCCC(C)=O)cc1C. The van der Waals surface area contributed by atoms with E-state index in [1.54, 1.807) is 6.92 Å². The fraction of sp³-hybridized carbons (Fsp3) is 0.636. The van der Waals surface area contributed by atoms with Gasteiger partial charge in [-0.2, -0.15) is 0 Å². The molecule has 0 saturated carbocycles. The lowest BCUT2D eigenvalue weighted by Crippen LogP contribution is -2.01. The zero-order valence-corrected chi connectivity index (χ0v) is 15.8. The largest absolute Gasteiger partial charge is 0.300 e. The van der Waals surface area contributed by atoms with Crippen molar-refractivity contribution in [2.75, 3.05) is 0 Å². The van der Waals surface area contributed by atoms with E-state index in [9.17, 15) is 9.59 Å². The van der Waals surface area contributed by atoms with Crippen molar-refractivity contribution in [2.45, 2.75) is 91.4 Å². The molecule has 1 aromatic rings. The first kappa shape index (κ1) is 20.6. The van der Waals surface area contributed by atoms with Crippen LogP contribution >= 0.6 is 0 Å². The highest BCUT2D eigenvalue weighted by molar-refractivity contribution is 5.96. The maximum Gasteiger partial charge on any atom is 0.162 e. The average Bonchev–Trinajstić information content (AvgIpc) is 2.55. The predicted molar refractivity (Wildman–Crippen MR) is 102 cm³/mol. The Kier molecular flexibility index (Phi) is 10.3. The Morgan fingerprint density at radius 1 is 0.875 bits per heavy atom. The van der Waals surface area contributed by atoms with Crippen molar-refractivity contribution in [3.8, 4) is 0 Å². The Hall–Kier alpha value is -1.44. The minimum Gasteiger partial charge on any atom is -0.300 e. The molecule has 0 aliphatic heterocycles. The van der Waals surface area contributed by atoms with Crippen molar-refractivity contribution in [3.63, 3.8) is 0 Å². The van der Waals surface area contributed by atoms with Crippen LogP contribution in [0.4, 0.5) is 0 Å². The molecule has 1 aromatic carbocycles. The van der Waals surface area contributed by atoms with E-state index in [1.165, 1.54) is 36.8 Å². The van der Waals surface area contributed by atoms with Gasteiger partial charge in [0.1, 0.15) is 5.78 Å². The van der Waals surface area contributed by atoms with Crippen LogP contribution < -0.4 is 0 Å². The molecule has 0 heterocycles. The van der Waals surface area contributed by atoms with Crippen LogP contribution in [0.5, 0.6) is 0 Å². The summed E-state index contributed by atoms with van der Waals surface area (Å²) in [5.74, 6) is 0.563. The Bertz CT molecular complexity index is 517. The Labute approximate surface area is 148 Å². The lowest BCUT2D eigenvalue weighted by Gasteiger charge is -2.08. The molecular weight excluding hydrogens is 296 g/mol. The first-order chi connectivity index (χ1) is 11.5. The van der Waals surface area contributed by atoms with Gasteiger partial charge in [-0.25, -0.2) is 0 Å². The minimum absolute atomic E-state index is 0.275. The standard InChI is InChI=1S/C22H34O2/c1-4-5-13-20-15-16-21(17-18(20)2)22(24)14-11-9-7-6-8-10-12-19(3)23/h15-17H,4-14H2,1-3H3. The van der Waals surface area contributed by atoms with E-state index < -0.39 is 0 Å². The number of Topliss-reactive ketones (excluding diaryl/α,β-unsaturated/α-hetero) is 2. The summed E-state index contributed by atoms with van der Waals surface area (Å²) in [7, 11) is 0. The summed E-state index contributed by atoms with van der Waals surface area (Å²) in [4.78, 5) is 23.1. The highest BCUT2D eigenvalue weighted by Gasteiger charge is 2.08. The van der Waals surface area contributed by atoms with E-state index in [2.05, 4.69) is 26.0 Å². The van der Waals surface area contributed by atoms with Crippen molar-refractivity contribution in [3.05, 3.63) is 34.9 Å². The Morgan fingerprint density at radius 3 is 2.08 bits per heavy atom. The van der Waals surface area contributed by atoms with Gasteiger partial charge in [-0.1, -0.05) is 51.2 Å². The molecule has 134 valence electrons. The maximum absolute atomic E-state index is 12.3. The molecule has 1 rings (SSSR count). The van der Waals surface area contributed by atoms with Gasteiger partial charge in [-0.15, -0.1) is 0 Å². The van der Waals surface area contributed by atoms with Gasteiger partial charge in [0.15, 0.2) is 5.78 Å². The van der Waals surface area contributed by atoms with Crippen LogP contribution in [0, 0.1) is 6.92 Å². The molecule has 2 heteroatoms. The molecule has 2 nitrogen and oxygen atoms in total. The van der Waals surface area contributed by atoms with Crippen molar-refractivity contribution in [1.29, 1.82) is 0 Å². The van der Waals surface area contributed by atoms with Gasteiger partial charge in [0.2, 0.25) is 0 Å². The number of ketones is 2. The fourth-order valence-electron chi connectivity index (χ4n) is 3.03. The van der Waals surface area contributed by atoms with Crippen LogP contribution in [0.15, 0.2) is 18.2 Å². The summed E-state index contributed by atoms with van der Waals surface area (Å²) < 4.78 is 0. The number of carbonyl (C=O) groups is 2. The highest BCUT2D eigenvalue weighted by atomic mass is 16.1. The van der Waals surface area contributed by atoms with Crippen LogP contribution in [0.1, 0.15) is 99.5 Å². The molecule has 0 N–H and O–H groups in total. The van der Waals surface area contributed by atoms with Gasteiger partial charge < -0.3 is 4.79 Å². The molecule has 0 radical (unpaired) electrons. The molecule has 0 fully saturated rings. The third kappa shape index (κ3) is 8.42. The number of rotatable bonds is 13. The molecule has 0 spiro atoms. The summed E-state index contributed by atoms with van der Waals surface area (Å²) in [6.45, 7) is 5.98. The normalized spacial score (nSPS) is 10.8. The van der Waals surface area contributed by atoms with E-state index in [4.69, 9.17) is 0 Å². The van der Waals surface area contributed by atoms with Crippen LogP contribution in [-0.4, -0.2) is 11.6 Å². The Balaban J connectivity index is 2.23. The summed E-state index contributed by atoms with van der Waals surface area (Å²) in [5.41, 5.74) is 3.49. The first-order valence-corrected chi connectivity index (χ1v) is 9.66. The number of carbonyl (C=O) groups excluding carboxylic acids is 2. The summed E-state index contributed by atoms with van der Waals surface area (Å²) >= 11 is 0. The fourth-order valence-corrected chi connectivity index (χ4v) is 3.03. The third-order valence-electron chi connectivity index (χ3n) is 4.65. The van der Waals surface area contributed by atoms with Gasteiger partial charge in [0.05, 0.1) is 0 Å². The molecular formula is C22H34O2. The number of hydrogen-bond donors (Lipinski definition) is 0. The van der Waals surface area contributed by atoms with Crippen molar-refractivity contribution in [1.82, 2.24) is 0 Å². The molecule has 0 saturated heterocycles. The summed E-state index contributed by atoms with van der Waals surface area (Å²) in [6.07, 6.45) is 11.5. The molecule has 0 atom stereocenters. The van der Waals surface area contributed by atoms with Crippen molar-refractivity contribution >= 4 is 11.6 Å². The summed E-state index contributed by atoms with van der Waals surface area (Å²) in [5, 5.41) is 0. The van der Waals surface area contributed by atoms with Crippen LogP contribution in [-0.2, 0) is 11.2 Å². The second kappa shape index (κ2) is 12.0. The molecule has 0 aliphatic carbocycles. The van der Waals surface area contributed by atoms with Crippen molar-refractivity contribution < 1.29 is 9.59 Å². The van der Waals surface area contributed by atoms with Crippen LogP contribution in [0.3, 0.4) is 0 Å². The van der Waals surface area contributed by atoms with Gasteiger partial charge >= 0.3 is 0 Å². The van der Waals surface area contributed by atoms with E-state index in [0.29, 0.717) is 12.8 Å². The lowest BCUT2D eigenvalue weighted by atomic mass is 9.97. The molecule has 0 unspecified atom stereocenters. The number of unbranched alkanes of at least 4 members (excludes halogenated alkanes) is 6. The molecule has 0 bridgehead atoms. The Morgan fingerprint density at radius 2 is 1.50 bits per heavy atom. The van der Waals surface area contributed by atoms with Crippen LogP contribution in [0.2, 0.25) is 0 Å². The third-order valence-corrected chi connectivity index (χ3v) is 4.65. The molecule has 0 aliphatic rings. The van der Waals surface area contributed by atoms with Gasteiger partial charge in [0, 0.05) is 18.4 Å². The zero-order valence-electron chi connectivity index (χ0n) is 15.8. The van der Waals surface area contributed by atoms with Crippen LogP contribution in [0.25, 0.3) is 0 Å². The molecule has 24 heavy (non-hydrogen) atoms. The minimum atomic E-state index is 0.275. The molecule has 0 amide bonds. The second-order valence-electron chi connectivity index (χ2n) is 6.99. The second-order valence-corrected chi connectivity index (χ2v) is 6.99. The topological polar surface area (TPSA) is 34.1 Å². The zero-order chi connectivity index (χ0) is 17.8.